The Labute approximate surface area is 157 Å². The van der Waals surface area contributed by atoms with Gasteiger partial charge in [0.2, 0.25) is 0 Å². The van der Waals surface area contributed by atoms with Crippen molar-refractivity contribution in [2.75, 3.05) is 39.3 Å². The van der Waals surface area contributed by atoms with E-state index in [2.05, 4.69) is 26.1 Å². The molecule has 3 aliphatic rings. The fourth-order valence-corrected chi connectivity index (χ4v) is 8.93. The van der Waals surface area contributed by atoms with Gasteiger partial charge in [-0.3, -0.25) is 4.52 Å². The van der Waals surface area contributed by atoms with E-state index >= 15 is 0 Å². The van der Waals surface area contributed by atoms with Crippen LogP contribution in [0.1, 0.15) is 44.1 Å². The molecule has 0 atom stereocenters. The zero-order valence-corrected chi connectivity index (χ0v) is 16.7. The quantitative estimate of drug-likeness (QED) is 0.559. The Morgan fingerprint density at radius 3 is 1.52 bits per heavy atom. The molecule has 1 aromatic rings. The third-order valence-corrected chi connectivity index (χ3v) is 9.85. The van der Waals surface area contributed by atoms with E-state index in [4.69, 9.17) is 16.7 Å². The van der Waals surface area contributed by atoms with E-state index in [0.29, 0.717) is 5.05 Å². The molecule has 3 aliphatic heterocycles. The summed E-state index contributed by atoms with van der Waals surface area (Å²) in [6.45, 7) is 6.91. The van der Waals surface area contributed by atoms with E-state index in [1.807, 2.05) is 18.2 Å². The third-order valence-electron chi connectivity index (χ3n) is 5.57. The molecule has 0 amide bonds. The van der Waals surface area contributed by atoms with E-state index in [0.717, 1.165) is 44.8 Å². The fourth-order valence-electron chi connectivity index (χ4n) is 4.33. The lowest BCUT2D eigenvalue weighted by Gasteiger charge is -2.41. The number of thiocarbonyl (C=S) groups is 1. The Morgan fingerprint density at radius 1 is 0.720 bits per heavy atom. The molecule has 1 aromatic carbocycles. The van der Waals surface area contributed by atoms with Gasteiger partial charge in [-0.25, -0.2) is 0 Å². The number of hydrogen-bond acceptors (Lipinski definition) is 5. The smallest absolute Gasteiger partial charge is 0.279 e. The van der Waals surface area contributed by atoms with E-state index in [-0.39, 0.29) is 0 Å². The molecule has 6 heteroatoms. The maximum atomic E-state index is 6.90. The van der Waals surface area contributed by atoms with Crippen LogP contribution >= 0.6 is 20.2 Å². The summed E-state index contributed by atoms with van der Waals surface area (Å²) in [7, 11) is -2.00. The molecule has 0 radical (unpaired) electrons. The van der Waals surface area contributed by atoms with Crippen LogP contribution in [0.25, 0.3) is 0 Å². The van der Waals surface area contributed by atoms with Crippen molar-refractivity contribution in [3.8, 4) is 0 Å². The monoisotopic (exact) mass is 378 g/mol. The van der Waals surface area contributed by atoms with Gasteiger partial charge >= 0.3 is 7.94 Å². The van der Waals surface area contributed by atoms with Crippen molar-refractivity contribution in [2.24, 2.45) is 0 Å². The average molecular weight is 379 g/mol. The van der Waals surface area contributed by atoms with Crippen LogP contribution in [0.4, 0.5) is 0 Å². The van der Waals surface area contributed by atoms with E-state index in [1.165, 1.54) is 38.5 Å². The highest BCUT2D eigenvalue weighted by Crippen LogP contribution is 2.71. The highest BCUT2D eigenvalue weighted by atomic mass is 32.1. The Kier molecular flexibility index (Phi) is 5.68. The van der Waals surface area contributed by atoms with Gasteiger partial charge in [-0.05, 0) is 50.7 Å². The summed E-state index contributed by atoms with van der Waals surface area (Å²) in [5.74, 6) is 0. The second-order valence-electron chi connectivity index (χ2n) is 7.24. The second kappa shape index (κ2) is 7.98. The first-order chi connectivity index (χ1) is 12.3. The molecule has 0 saturated carbocycles. The fraction of sp³-hybridized carbons (Fsp3) is 0.632. The molecule has 0 spiro atoms. The predicted molar refractivity (Wildman–Crippen MR) is 109 cm³/mol. The van der Waals surface area contributed by atoms with Crippen LogP contribution in [0.5, 0.6) is 0 Å². The largest absolute Gasteiger partial charge is 0.419 e. The van der Waals surface area contributed by atoms with Crippen LogP contribution in [-0.4, -0.2) is 58.3 Å². The molecule has 3 fully saturated rings. The van der Waals surface area contributed by atoms with Crippen molar-refractivity contribution in [3.05, 3.63) is 35.9 Å². The molecule has 4 nitrogen and oxygen atoms in total. The van der Waals surface area contributed by atoms with Crippen LogP contribution in [0.3, 0.4) is 0 Å². The lowest BCUT2D eigenvalue weighted by atomic mass is 10.2. The van der Waals surface area contributed by atoms with Gasteiger partial charge in [0.05, 0.1) is 0 Å². The molecule has 4 rings (SSSR count). The molecule has 25 heavy (non-hydrogen) atoms. The van der Waals surface area contributed by atoms with Gasteiger partial charge in [-0.15, -0.1) is 14.0 Å². The molecule has 3 saturated heterocycles. The lowest BCUT2D eigenvalue weighted by molar-refractivity contribution is 0.292. The molecule has 0 unspecified atom stereocenters. The van der Waals surface area contributed by atoms with Crippen molar-refractivity contribution in [1.29, 1.82) is 0 Å². The molecule has 136 valence electrons. The van der Waals surface area contributed by atoms with E-state index < -0.39 is 7.94 Å². The Balaban J connectivity index is 1.69. The van der Waals surface area contributed by atoms with Crippen molar-refractivity contribution in [2.45, 2.75) is 38.5 Å². The average Bonchev–Trinajstić information content (AvgIpc) is 3.44. The van der Waals surface area contributed by atoms with Crippen LogP contribution in [0, 0.1) is 0 Å². The van der Waals surface area contributed by atoms with E-state index in [1.54, 1.807) is 0 Å². The van der Waals surface area contributed by atoms with Gasteiger partial charge in [0.25, 0.3) is 5.05 Å². The zero-order valence-electron chi connectivity index (χ0n) is 15.0. The number of nitrogens with zero attached hydrogens (tertiary/aromatic N) is 3. The number of hydrogen-bond donors (Lipinski definition) is 0. The summed E-state index contributed by atoms with van der Waals surface area (Å²) in [5.41, 5.74) is 1.04. The molecule has 3 heterocycles. The first-order valence-corrected chi connectivity index (χ1v) is 11.7. The Morgan fingerprint density at radius 2 is 1.12 bits per heavy atom. The van der Waals surface area contributed by atoms with Gasteiger partial charge < -0.3 is 0 Å². The topological polar surface area (TPSA) is 19.0 Å². The standard InChI is InChI=1S/C19H29N3OPS/c25-19(18-10-2-1-3-11-18)23-24(20-12-4-5-13-20,21-14-6-7-15-21)22-16-8-9-17-22/h1-3,10-11H,4-9,12-17H2/q+1. The van der Waals surface area contributed by atoms with Crippen LogP contribution in [-0.2, 0) is 4.52 Å². The van der Waals surface area contributed by atoms with Crippen LogP contribution in [0.2, 0.25) is 0 Å². The highest BCUT2D eigenvalue weighted by Gasteiger charge is 2.62. The van der Waals surface area contributed by atoms with Gasteiger partial charge in [-0.1, -0.05) is 30.3 Å². The van der Waals surface area contributed by atoms with Crippen molar-refractivity contribution >= 4 is 25.2 Å². The molecule has 0 N–H and O–H groups in total. The Bertz CT molecular complexity index is 541. The minimum atomic E-state index is -2.00. The van der Waals surface area contributed by atoms with Crippen LogP contribution in [0.15, 0.2) is 30.3 Å². The summed E-state index contributed by atoms with van der Waals surface area (Å²) in [4.78, 5) is 0. The van der Waals surface area contributed by atoms with Crippen LogP contribution < -0.4 is 0 Å². The minimum absolute atomic E-state index is 0.680. The van der Waals surface area contributed by atoms with Crippen molar-refractivity contribution in [3.63, 3.8) is 0 Å². The first kappa shape index (κ1) is 17.8. The normalized spacial score (nSPS) is 23.4. The van der Waals surface area contributed by atoms with Crippen molar-refractivity contribution in [1.82, 2.24) is 14.0 Å². The number of rotatable bonds is 5. The maximum Gasteiger partial charge on any atom is 0.419 e. The van der Waals surface area contributed by atoms with Gasteiger partial charge in [0.15, 0.2) is 0 Å². The molecule has 0 aromatic heterocycles. The van der Waals surface area contributed by atoms with Gasteiger partial charge in [0.1, 0.15) is 0 Å². The second-order valence-corrected chi connectivity index (χ2v) is 10.5. The lowest BCUT2D eigenvalue weighted by Crippen LogP contribution is -2.44. The zero-order chi connectivity index (χ0) is 17.1. The highest BCUT2D eigenvalue weighted by molar-refractivity contribution is 7.81. The molecular weight excluding hydrogens is 349 g/mol. The molecule has 0 aliphatic carbocycles. The summed E-state index contributed by atoms with van der Waals surface area (Å²) >= 11 is 5.80. The predicted octanol–water partition coefficient (Wildman–Crippen LogP) is 4.34. The maximum absolute atomic E-state index is 6.90. The first-order valence-electron chi connectivity index (χ1n) is 9.75. The summed E-state index contributed by atoms with van der Waals surface area (Å²) in [6.07, 6.45) is 7.70. The third kappa shape index (κ3) is 3.50. The molecule has 0 bridgehead atoms. The minimum Gasteiger partial charge on any atom is -0.279 e. The SMILES string of the molecule is S=C(O[P+](N1CCCC1)(N1CCCC1)N1CCCC1)c1ccccc1. The van der Waals surface area contributed by atoms with E-state index in [9.17, 15) is 0 Å². The van der Waals surface area contributed by atoms with Gasteiger partial charge in [-0.2, -0.15) is 0 Å². The summed E-state index contributed by atoms with van der Waals surface area (Å²) in [5, 5.41) is 0.680. The number of benzene rings is 1. The van der Waals surface area contributed by atoms with Gasteiger partial charge in [0, 0.05) is 44.8 Å². The Hall–Kier alpha value is -0.580. The summed E-state index contributed by atoms with van der Waals surface area (Å²) < 4.78 is 14.9. The van der Waals surface area contributed by atoms with Crippen molar-refractivity contribution < 1.29 is 4.52 Å². The molecular formula is C19H29N3OPS+. The summed E-state index contributed by atoms with van der Waals surface area (Å²) in [6, 6.07) is 10.3.